The first-order valence-corrected chi connectivity index (χ1v) is 9.88. The van der Waals surface area contributed by atoms with Crippen LogP contribution in [-0.4, -0.2) is 24.4 Å². The third-order valence-corrected chi connectivity index (χ3v) is 5.11. The number of benzene rings is 2. The standard InChI is InChI=1S/C22H25ClN2O2/c1-3-6-15(2)24-21(26)17-10-11-20-16(13-17)8-5-12-25(20)22(27)18-7-4-9-19(23)14-18/h4,7,9-11,13-15H,3,5-6,8,12H2,1-2H3,(H,24,26)/t15-/m1/s1. The Morgan fingerprint density at radius 3 is 2.74 bits per heavy atom. The number of carbonyl (C=O) groups is 2. The molecule has 3 rings (SSSR count). The normalized spacial score (nSPS) is 14.4. The fourth-order valence-electron chi connectivity index (χ4n) is 3.54. The third kappa shape index (κ3) is 4.51. The number of nitrogens with one attached hydrogen (secondary N) is 1. The number of fused-ring (bicyclic) bond motifs is 1. The Labute approximate surface area is 165 Å². The number of carbonyl (C=O) groups excluding carboxylic acids is 2. The molecule has 0 saturated heterocycles. The minimum absolute atomic E-state index is 0.0583. The van der Waals surface area contributed by atoms with Crippen LogP contribution in [0.4, 0.5) is 5.69 Å². The van der Waals surface area contributed by atoms with Crippen molar-refractivity contribution in [1.82, 2.24) is 5.32 Å². The van der Waals surface area contributed by atoms with Gasteiger partial charge in [-0.3, -0.25) is 9.59 Å². The van der Waals surface area contributed by atoms with Gasteiger partial charge >= 0.3 is 0 Å². The maximum absolute atomic E-state index is 12.9. The molecule has 142 valence electrons. The lowest BCUT2D eigenvalue weighted by Gasteiger charge is -2.30. The molecule has 0 unspecified atom stereocenters. The Morgan fingerprint density at radius 1 is 1.19 bits per heavy atom. The predicted octanol–water partition coefficient (Wildman–Crippen LogP) is 4.85. The van der Waals surface area contributed by atoms with E-state index in [2.05, 4.69) is 12.2 Å². The molecule has 5 heteroatoms. The molecule has 2 amide bonds. The van der Waals surface area contributed by atoms with Gasteiger partial charge in [-0.2, -0.15) is 0 Å². The van der Waals surface area contributed by atoms with E-state index < -0.39 is 0 Å². The number of amides is 2. The zero-order chi connectivity index (χ0) is 19.4. The monoisotopic (exact) mass is 384 g/mol. The first-order valence-electron chi connectivity index (χ1n) is 9.51. The molecule has 1 aliphatic heterocycles. The second kappa shape index (κ2) is 8.57. The van der Waals surface area contributed by atoms with Gasteiger partial charge in [-0.05, 0) is 68.1 Å². The zero-order valence-electron chi connectivity index (χ0n) is 15.8. The van der Waals surface area contributed by atoms with Crippen LogP contribution in [0.3, 0.4) is 0 Å². The van der Waals surface area contributed by atoms with E-state index in [4.69, 9.17) is 11.6 Å². The molecule has 0 saturated carbocycles. The molecule has 0 bridgehead atoms. The van der Waals surface area contributed by atoms with Crippen molar-refractivity contribution in [3.63, 3.8) is 0 Å². The lowest BCUT2D eigenvalue weighted by atomic mass is 9.98. The van der Waals surface area contributed by atoms with Gasteiger partial charge in [0.1, 0.15) is 0 Å². The summed E-state index contributed by atoms with van der Waals surface area (Å²) in [5, 5.41) is 3.58. The molecule has 1 heterocycles. The average Bonchev–Trinajstić information content (AvgIpc) is 2.66. The average molecular weight is 385 g/mol. The van der Waals surface area contributed by atoms with Gasteiger partial charge < -0.3 is 10.2 Å². The van der Waals surface area contributed by atoms with Crippen molar-refractivity contribution >= 4 is 29.1 Å². The first-order chi connectivity index (χ1) is 13.0. The van der Waals surface area contributed by atoms with Crippen LogP contribution in [0.5, 0.6) is 0 Å². The second-order valence-corrected chi connectivity index (χ2v) is 7.51. The topological polar surface area (TPSA) is 49.4 Å². The highest BCUT2D eigenvalue weighted by Crippen LogP contribution is 2.30. The van der Waals surface area contributed by atoms with Crippen LogP contribution in [0.1, 0.15) is 59.4 Å². The minimum atomic E-state index is -0.0628. The molecule has 2 aromatic rings. The summed E-state index contributed by atoms with van der Waals surface area (Å²) < 4.78 is 0. The summed E-state index contributed by atoms with van der Waals surface area (Å²) in [6, 6.07) is 12.8. The van der Waals surface area contributed by atoms with E-state index in [0.29, 0.717) is 22.7 Å². The van der Waals surface area contributed by atoms with Gasteiger partial charge in [0.2, 0.25) is 0 Å². The van der Waals surface area contributed by atoms with Crippen LogP contribution in [0, 0.1) is 0 Å². The number of halogens is 1. The van der Waals surface area contributed by atoms with Crippen molar-refractivity contribution in [2.24, 2.45) is 0 Å². The third-order valence-electron chi connectivity index (χ3n) is 4.88. The molecule has 0 aromatic heterocycles. The predicted molar refractivity (Wildman–Crippen MR) is 110 cm³/mol. The Morgan fingerprint density at radius 2 is 2.00 bits per heavy atom. The van der Waals surface area contributed by atoms with Crippen molar-refractivity contribution in [2.45, 2.75) is 45.6 Å². The molecule has 1 atom stereocenters. The van der Waals surface area contributed by atoms with Gasteiger partial charge in [0.15, 0.2) is 0 Å². The van der Waals surface area contributed by atoms with Gasteiger partial charge in [-0.25, -0.2) is 0 Å². The van der Waals surface area contributed by atoms with Gasteiger partial charge in [-0.15, -0.1) is 0 Å². The van der Waals surface area contributed by atoms with E-state index in [1.165, 1.54) is 0 Å². The van der Waals surface area contributed by atoms with E-state index in [9.17, 15) is 9.59 Å². The molecule has 0 radical (unpaired) electrons. The molecule has 0 aliphatic carbocycles. The fourth-order valence-corrected chi connectivity index (χ4v) is 3.73. The summed E-state index contributed by atoms with van der Waals surface area (Å²) in [4.78, 5) is 27.2. The number of hydrogen-bond donors (Lipinski definition) is 1. The van der Waals surface area contributed by atoms with E-state index in [-0.39, 0.29) is 17.9 Å². The summed E-state index contributed by atoms with van der Waals surface area (Å²) in [6.07, 6.45) is 3.72. The van der Waals surface area contributed by atoms with Crippen LogP contribution >= 0.6 is 11.6 Å². The van der Waals surface area contributed by atoms with E-state index in [1.54, 1.807) is 35.2 Å². The lowest BCUT2D eigenvalue weighted by molar-refractivity contribution is 0.0937. The number of aryl methyl sites for hydroxylation is 1. The fraction of sp³-hybridized carbons (Fsp3) is 0.364. The maximum Gasteiger partial charge on any atom is 0.258 e. The maximum atomic E-state index is 12.9. The van der Waals surface area contributed by atoms with Crippen molar-refractivity contribution in [2.75, 3.05) is 11.4 Å². The lowest BCUT2D eigenvalue weighted by Crippen LogP contribution is -2.36. The Balaban J connectivity index is 1.82. The van der Waals surface area contributed by atoms with Crippen LogP contribution in [-0.2, 0) is 6.42 Å². The van der Waals surface area contributed by atoms with Crippen LogP contribution < -0.4 is 10.2 Å². The van der Waals surface area contributed by atoms with Crippen molar-refractivity contribution in [3.05, 3.63) is 64.2 Å². The minimum Gasteiger partial charge on any atom is -0.350 e. The van der Waals surface area contributed by atoms with E-state index in [0.717, 1.165) is 36.9 Å². The molecular formula is C22H25ClN2O2. The van der Waals surface area contributed by atoms with Crippen molar-refractivity contribution in [1.29, 1.82) is 0 Å². The number of hydrogen-bond acceptors (Lipinski definition) is 2. The van der Waals surface area contributed by atoms with Gasteiger partial charge in [0, 0.05) is 34.4 Å². The second-order valence-electron chi connectivity index (χ2n) is 7.08. The number of anilines is 1. The van der Waals surface area contributed by atoms with Crippen LogP contribution in [0.2, 0.25) is 5.02 Å². The zero-order valence-corrected chi connectivity index (χ0v) is 16.6. The van der Waals surface area contributed by atoms with Gasteiger partial charge in [-0.1, -0.05) is 31.0 Å². The van der Waals surface area contributed by atoms with E-state index in [1.807, 2.05) is 19.1 Å². The molecule has 1 N–H and O–H groups in total. The highest BCUT2D eigenvalue weighted by molar-refractivity contribution is 6.31. The van der Waals surface area contributed by atoms with Gasteiger partial charge in [0.05, 0.1) is 0 Å². The number of nitrogens with zero attached hydrogens (tertiary/aromatic N) is 1. The van der Waals surface area contributed by atoms with Crippen LogP contribution in [0.15, 0.2) is 42.5 Å². The summed E-state index contributed by atoms with van der Waals surface area (Å²) in [5.41, 5.74) is 3.14. The van der Waals surface area contributed by atoms with Crippen molar-refractivity contribution < 1.29 is 9.59 Å². The van der Waals surface area contributed by atoms with Crippen molar-refractivity contribution in [3.8, 4) is 0 Å². The SMILES string of the molecule is CCC[C@@H](C)NC(=O)c1ccc2c(c1)CCCN2C(=O)c1cccc(Cl)c1. The molecule has 2 aromatic carbocycles. The van der Waals surface area contributed by atoms with E-state index >= 15 is 0 Å². The molecule has 0 fully saturated rings. The molecule has 1 aliphatic rings. The Hall–Kier alpha value is -2.33. The first kappa shape index (κ1) is 19.4. The Bertz CT molecular complexity index is 850. The highest BCUT2D eigenvalue weighted by Gasteiger charge is 2.24. The Kier molecular flexibility index (Phi) is 6.17. The summed E-state index contributed by atoms with van der Waals surface area (Å²) in [5.74, 6) is -0.121. The smallest absolute Gasteiger partial charge is 0.258 e. The quantitative estimate of drug-likeness (QED) is 0.800. The molecule has 0 spiro atoms. The van der Waals surface area contributed by atoms with Crippen LogP contribution in [0.25, 0.3) is 0 Å². The molecule has 27 heavy (non-hydrogen) atoms. The van der Waals surface area contributed by atoms with Gasteiger partial charge in [0.25, 0.3) is 11.8 Å². The largest absolute Gasteiger partial charge is 0.350 e. The summed E-state index contributed by atoms with van der Waals surface area (Å²) in [6.45, 7) is 4.79. The molecular weight excluding hydrogens is 360 g/mol. The molecule has 4 nitrogen and oxygen atoms in total. The highest BCUT2D eigenvalue weighted by atomic mass is 35.5. The number of rotatable bonds is 5. The summed E-state index contributed by atoms with van der Waals surface area (Å²) in [7, 11) is 0. The summed E-state index contributed by atoms with van der Waals surface area (Å²) >= 11 is 6.03.